The molecule has 5 heteroatoms. The number of thiol groups is 1. The van der Waals surface area contributed by atoms with Crippen LogP contribution in [0, 0.1) is 5.92 Å². The van der Waals surface area contributed by atoms with Crippen LogP contribution in [0.1, 0.15) is 53.0 Å². The van der Waals surface area contributed by atoms with Crippen LogP contribution >= 0.6 is 12.6 Å². The third-order valence-electron chi connectivity index (χ3n) is 3.81. The molecule has 3 rings (SSSR count). The van der Waals surface area contributed by atoms with E-state index in [0.717, 1.165) is 29.9 Å². The van der Waals surface area contributed by atoms with Gasteiger partial charge in [-0.3, -0.25) is 4.79 Å². The lowest BCUT2D eigenvalue weighted by atomic mass is 10.0. The first-order chi connectivity index (χ1) is 11.9. The molecule has 0 aliphatic carbocycles. The molecule has 0 radical (unpaired) electrons. The topological polar surface area (TPSA) is 58.7 Å². The van der Waals surface area contributed by atoms with Crippen LogP contribution in [0.2, 0.25) is 0 Å². The maximum absolute atomic E-state index is 10.7. The Morgan fingerprint density at radius 1 is 1.28 bits per heavy atom. The lowest BCUT2D eigenvalue weighted by molar-refractivity contribution is -0.121. The highest BCUT2D eigenvalue weighted by Crippen LogP contribution is 2.36. The van der Waals surface area contributed by atoms with Crippen LogP contribution in [-0.4, -0.2) is 18.8 Å². The molecule has 0 fully saturated rings. The Labute approximate surface area is 158 Å². The Hall–Kier alpha value is -1.75. The average molecular weight is 364 g/mol. The number of carbonyl (C=O) groups excluding carboxylic acids is 1. The number of allylic oxidation sites excluding steroid dienone is 1. The van der Waals surface area contributed by atoms with E-state index in [1.807, 2.05) is 53.8 Å². The Kier molecular flexibility index (Phi) is 10.9. The molecular formula is C20H33N3OS. The van der Waals surface area contributed by atoms with Crippen LogP contribution in [0.15, 0.2) is 40.4 Å². The SMILES string of the molecule is C=C1Cc2cccc(S)c2N1C.CC.CC.CC1CCC(N)=NC1=O. The van der Waals surface area contributed by atoms with Crippen LogP contribution in [-0.2, 0) is 11.2 Å². The lowest BCUT2D eigenvalue weighted by Crippen LogP contribution is -2.24. The van der Waals surface area contributed by atoms with Crippen LogP contribution < -0.4 is 10.6 Å². The van der Waals surface area contributed by atoms with Gasteiger partial charge in [0.25, 0.3) is 0 Å². The van der Waals surface area contributed by atoms with Gasteiger partial charge in [0.1, 0.15) is 5.84 Å². The molecule has 2 aliphatic rings. The molecule has 1 aromatic carbocycles. The number of rotatable bonds is 0. The summed E-state index contributed by atoms with van der Waals surface area (Å²) in [6.07, 6.45) is 2.58. The Morgan fingerprint density at radius 2 is 1.88 bits per heavy atom. The predicted molar refractivity (Wildman–Crippen MR) is 113 cm³/mol. The van der Waals surface area contributed by atoms with Gasteiger partial charge < -0.3 is 10.6 Å². The molecular weight excluding hydrogens is 330 g/mol. The van der Waals surface area contributed by atoms with Gasteiger partial charge in [-0.2, -0.15) is 0 Å². The fraction of sp³-hybridized carbons (Fsp3) is 0.500. The molecule has 1 atom stereocenters. The maximum Gasteiger partial charge on any atom is 0.250 e. The van der Waals surface area contributed by atoms with Gasteiger partial charge in [0.15, 0.2) is 0 Å². The molecule has 2 heterocycles. The fourth-order valence-corrected chi connectivity index (χ4v) is 2.78. The number of nitrogens with zero attached hydrogens (tertiary/aromatic N) is 2. The van der Waals surface area contributed by atoms with E-state index in [9.17, 15) is 4.79 Å². The van der Waals surface area contributed by atoms with Gasteiger partial charge in [-0.25, -0.2) is 4.99 Å². The highest BCUT2D eigenvalue weighted by Gasteiger charge is 2.20. The van der Waals surface area contributed by atoms with Crippen molar-refractivity contribution in [1.29, 1.82) is 0 Å². The van der Waals surface area contributed by atoms with Gasteiger partial charge in [0.2, 0.25) is 5.91 Å². The number of amidine groups is 1. The summed E-state index contributed by atoms with van der Waals surface area (Å²) in [6.45, 7) is 13.9. The number of carbonyl (C=O) groups is 1. The summed E-state index contributed by atoms with van der Waals surface area (Å²) in [5, 5.41) is 0. The minimum absolute atomic E-state index is 0.0706. The Balaban J connectivity index is 0.000000396. The zero-order valence-electron chi connectivity index (χ0n) is 16.5. The summed E-state index contributed by atoms with van der Waals surface area (Å²) < 4.78 is 0. The standard InChI is InChI=1S/C10H11NS.C6H10N2O.2C2H6/c1-7-6-8-4-3-5-9(12)10(8)11(7)2;1-4-2-3-5(7)8-6(4)9;2*1-2/h3-5,12H,1,6H2,2H3;4H,2-3H2,1H3,(H2,7,8,9);2*1-2H3. The summed E-state index contributed by atoms with van der Waals surface area (Å²) in [4.78, 5) is 17.5. The summed E-state index contributed by atoms with van der Waals surface area (Å²) in [7, 11) is 2.04. The minimum Gasteiger partial charge on any atom is -0.387 e. The lowest BCUT2D eigenvalue weighted by Gasteiger charge is -2.14. The van der Waals surface area contributed by atoms with Crippen LogP contribution in [0.5, 0.6) is 0 Å². The molecule has 4 nitrogen and oxygen atoms in total. The van der Waals surface area contributed by atoms with Crippen molar-refractivity contribution in [3.05, 3.63) is 36.0 Å². The predicted octanol–water partition coefficient (Wildman–Crippen LogP) is 4.83. The van der Waals surface area contributed by atoms with Crippen molar-refractivity contribution >= 4 is 30.1 Å². The summed E-state index contributed by atoms with van der Waals surface area (Å²) in [5.41, 5.74) is 9.00. The molecule has 0 saturated heterocycles. The number of amides is 1. The van der Waals surface area contributed by atoms with Gasteiger partial charge >= 0.3 is 0 Å². The molecule has 1 unspecified atom stereocenters. The molecule has 1 amide bonds. The number of nitrogens with two attached hydrogens (primary N) is 1. The zero-order valence-corrected chi connectivity index (χ0v) is 17.4. The number of aliphatic imine (C=N–C) groups is 1. The first kappa shape index (κ1) is 23.2. The third kappa shape index (κ3) is 6.58. The molecule has 140 valence electrons. The number of hydrogen-bond acceptors (Lipinski definition) is 4. The van der Waals surface area contributed by atoms with Gasteiger partial charge in [0.05, 0.1) is 5.69 Å². The van der Waals surface area contributed by atoms with Crippen molar-refractivity contribution in [3.63, 3.8) is 0 Å². The van der Waals surface area contributed by atoms with Crippen molar-refractivity contribution in [2.75, 3.05) is 11.9 Å². The average Bonchev–Trinajstić information content (AvgIpc) is 2.91. The van der Waals surface area contributed by atoms with E-state index in [4.69, 9.17) is 5.73 Å². The number of fused-ring (bicyclic) bond motifs is 1. The number of benzene rings is 1. The zero-order chi connectivity index (χ0) is 19.6. The second-order valence-electron chi connectivity index (χ2n) is 5.47. The smallest absolute Gasteiger partial charge is 0.250 e. The molecule has 0 saturated carbocycles. The molecule has 2 N–H and O–H groups in total. The highest BCUT2D eigenvalue weighted by atomic mass is 32.1. The molecule has 25 heavy (non-hydrogen) atoms. The number of para-hydroxylation sites is 1. The molecule has 0 bridgehead atoms. The summed E-state index contributed by atoms with van der Waals surface area (Å²) in [5.74, 6) is 0.495. The minimum atomic E-state index is -0.0706. The fourth-order valence-electron chi connectivity index (χ4n) is 2.40. The normalized spacial score (nSPS) is 17.8. The van der Waals surface area contributed by atoms with Gasteiger partial charge in [0, 0.05) is 36.4 Å². The quantitative estimate of drug-likeness (QED) is 0.649. The Morgan fingerprint density at radius 3 is 2.36 bits per heavy atom. The van der Waals surface area contributed by atoms with Gasteiger partial charge in [-0.1, -0.05) is 53.3 Å². The highest BCUT2D eigenvalue weighted by molar-refractivity contribution is 7.80. The molecule has 2 aliphatic heterocycles. The van der Waals surface area contributed by atoms with Crippen molar-refractivity contribution in [2.24, 2.45) is 16.6 Å². The van der Waals surface area contributed by atoms with Gasteiger partial charge in [-0.15, -0.1) is 12.6 Å². The van der Waals surface area contributed by atoms with E-state index in [2.05, 4.69) is 35.2 Å². The number of likely N-dealkylation sites (N-methyl/N-ethyl adjacent to an activating group) is 1. The first-order valence-electron chi connectivity index (χ1n) is 8.99. The molecule has 0 spiro atoms. The largest absolute Gasteiger partial charge is 0.387 e. The van der Waals surface area contributed by atoms with E-state index < -0.39 is 0 Å². The first-order valence-corrected chi connectivity index (χ1v) is 9.44. The van der Waals surface area contributed by atoms with E-state index in [1.165, 1.54) is 11.3 Å². The van der Waals surface area contributed by atoms with Crippen LogP contribution in [0.3, 0.4) is 0 Å². The monoisotopic (exact) mass is 363 g/mol. The third-order valence-corrected chi connectivity index (χ3v) is 4.17. The number of hydrogen-bond donors (Lipinski definition) is 2. The second-order valence-corrected chi connectivity index (χ2v) is 5.95. The van der Waals surface area contributed by atoms with Crippen LogP contribution in [0.25, 0.3) is 0 Å². The van der Waals surface area contributed by atoms with E-state index in [0.29, 0.717) is 5.84 Å². The maximum atomic E-state index is 10.7. The summed E-state index contributed by atoms with van der Waals surface area (Å²) in [6, 6.07) is 6.17. The van der Waals surface area contributed by atoms with Gasteiger partial charge in [-0.05, 0) is 18.1 Å². The molecule has 0 aromatic heterocycles. The van der Waals surface area contributed by atoms with Crippen molar-refractivity contribution < 1.29 is 4.79 Å². The van der Waals surface area contributed by atoms with E-state index >= 15 is 0 Å². The van der Waals surface area contributed by atoms with Crippen molar-refractivity contribution in [2.45, 2.75) is 58.8 Å². The van der Waals surface area contributed by atoms with Crippen molar-refractivity contribution in [1.82, 2.24) is 0 Å². The molecule has 1 aromatic rings. The second kappa shape index (κ2) is 11.7. The van der Waals surface area contributed by atoms with Crippen LogP contribution in [0.4, 0.5) is 5.69 Å². The van der Waals surface area contributed by atoms with Crippen molar-refractivity contribution in [3.8, 4) is 0 Å². The summed E-state index contributed by atoms with van der Waals surface area (Å²) >= 11 is 4.40. The Bertz CT molecular complexity index is 611. The van der Waals surface area contributed by atoms with E-state index in [-0.39, 0.29) is 11.8 Å². The van der Waals surface area contributed by atoms with E-state index in [1.54, 1.807) is 0 Å². The number of anilines is 1.